The highest BCUT2D eigenvalue weighted by Crippen LogP contribution is 2.12. The molecular weight excluding hydrogens is 202 g/mol. The van der Waals surface area contributed by atoms with Crippen molar-refractivity contribution in [3.8, 4) is 0 Å². The molecule has 1 aromatic carbocycles. The number of amides is 1. The van der Waals surface area contributed by atoms with Crippen molar-refractivity contribution in [2.24, 2.45) is 5.92 Å². The summed E-state index contributed by atoms with van der Waals surface area (Å²) in [6, 6.07) is 8.11. The lowest BCUT2D eigenvalue weighted by Crippen LogP contribution is -2.30. The summed E-state index contributed by atoms with van der Waals surface area (Å²) in [5, 5.41) is 12.0. The summed E-state index contributed by atoms with van der Waals surface area (Å²) in [5.74, 6) is 0.0354. The average molecular weight is 221 g/mol. The molecule has 3 heteroatoms. The van der Waals surface area contributed by atoms with Crippen molar-refractivity contribution in [1.29, 1.82) is 0 Å². The van der Waals surface area contributed by atoms with Crippen LogP contribution in [0.1, 0.15) is 18.1 Å². The van der Waals surface area contributed by atoms with Gasteiger partial charge in [-0.15, -0.1) is 0 Å². The molecule has 0 aliphatic rings. The van der Waals surface area contributed by atoms with Crippen LogP contribution in [0.5, 0.6) is 0 Å². The molecule has 0 saturated heterocycles. The molecule has 0 radical (unpaired) electrons. The van der Waals surface area contributed by atoms with Crippen LogP contribution in [-0.4, -0.2) is 24.2 Å². The SMILES string of the molecule is CC(=O)NCC(CO)Cc1ccccc1C. The van der Waals surface area contributed by atoms with Crippen molar-refractivity contribution < 1.29 is 9.90 Å². The fourth-order valence-electron chi connectivity index (χ4n) is 1.64. The van der Waals surface area contributed by atoms with Gasteiger partial charge in [-0.05, 0) is 24.5 Å². The summed E-state index contributed by atoms with van der Waals surface area (Å²) in [5.41, 5.74) is 2.45. The molecule has 0 bridgehead atoms. The molecule has 88 valence electrons. The van der Waals surface area contributed by atoms with E-state index in [1.165, 1.54) is 18.1 Å². The van der Waals surface area contributed by atoms with Gasteiger partial charge in [-0.1, -0.05) is 24.3 Å². The molecule has 1 atom stereocenters. The van der Waals surface area contributed by atoms with Gasteiger partial charge < -0.3 is 10.4 Å². The minimum Gasteiger partial charge on any atom is -0.396 e. The molecule has 0 saturated carbocycles. The largest absolute Gasteiger partial charge is 0.396 e. The van der Waals surface area contributed by atoms with Crippen LogP contribution < -0.4 is 5.32 Å². The van der Waals surface area contributed by atoms with Crippen molar-refractivity contribution in [1.82, 2.24) is 5.32 Å². The van der Waals surface area contributed by atoms with E-state index in [9.17, 15) is 9.90 Å². The lowest BCUT2D eigenvalue weighted by molar-refractivity contribution is -0.119. The van der Waals surface area contributed by atoms with Crippen LogP contribution in [0, 0.1) is 12.8 Å². The monoisotopic (exact) mass is 221 g/mol. The number of hydrogen-bond donors (Lipinski definition) is 2. The number of rotatable bonds is 5. The van der Waals surface area contributed by atoms with Crippen LogP contribution in [0.15, 0.2) is 24.3 Å². The maximum absolute atomic E-state index is 10.8. The summed E-state index contributed by atoms with van der Waals surface area (Å²) in [7, 11) is 0. The fourth-order valence-corrected chi connectivity index (χ4v) is 1.64. The first-order valence-corrected chi connectivity index (χ1v) is 5.53. The number of aliphatic hydroxyl groups is 1. The van der Waals surface area contributed by atoms with E-state index in [4.69, 9.17) is 0 Å². The second-order valence-corrected chi connectivity index (χ2v) is 4.12. The number of carbonyl (C=O) groups is 1. The Kier molecular flexibility index (Phi) is 4.99. The van der Waals surface area contributed by atoms with Gasteiger partial charge in [0.05, 0.1) is 0 Å². The van der Waals surface area contributed by atoms with Gasteiger partial charge in [0.15, 0.2) is 0 Å². The molecule has 16 heavy (non-hydrogen) atoms. The Morgan fingerprint density at radius 2 is 2.12 bits per heavy atom. The number of hydrogen-bond acceptors (Lipinski definition) is 2. The Labute approximate surface area is 96.5 Å². The Balaban J connectivity index is 2.56. The Morgan fingerprint density at radius 3 is 2.69 bits per heavy atom. The molecule has 0 spiro atoms. The smallest absolute Gasteiger partial charge is 0.216 e. The normalized spacial score (nSPS) is 12.2. The zero-order valence-electron chi connectivity index (χ0n) is 9.86. The van der Waals surface area contributed by atoms with E-state index in [1.807, 2.05) is 12.1 Å². The number of carbonyl (C=O) groups excluding carboxylic acids is 1. The topological polar surface area (TPSA) is 49.3 Å². The van der Waals surface area contributed by atoms with Crippen molar-refractivity contribution in [2.45, 2.75) is 20.3 Å². The molecule has 0 fully saturated rings. The first kappa shape index (κ1) is 12.7. The zero-order valence-corrected chi connectivity index (χ0v) is 9.86. The van der Waals surface area contributed by atoms with E-state index in [1.54, 1.807) is 0 Å². The minimum atomic E-state index is -0.0526. The molecule has 1 rings (SSSR count). The van der Waals surface area contributed by atoms with Gasteiger partial charge in [0.25, 0.3) is 0 Å². The van der Waals surface area contributed by atoms with Crippen LogP contribution in [0.3, 0.4) is 0 Å². The standard InChI is InChI=1S/C13H19NO2/c1-10-5-3-4-6-13(10)7-12(9-15)8-14-11(2)16/h3-6,12,15H,7-9H2,1-2H3,(H,14,16). The molecule has 0 heterocycles. The highest BCUT2D eigenvalue weighted by molar-refractivity contribution is 5.72. The molecule has 3 nitrogen and oxygen atoms in total. The van der Waals surface area contributed by atoms with Crippen molar-refractivity contribution in [3.05, 3.63) is 35.4 Å². The predicted octanol–water partition coefficient (Wildman–Crippen LogP) is 1.28. The molecule has 2 N–H and O–H groups in total. The molecule has 0 aromatic heterocycles. The fraction of sp³-hybridized carbons (Fsp3) is 0.462. The van der Waals surface area contributed by atoms with Gasteiger partial charge in [0.2, 0.25) is 5.91 Å². The lowest BCUT2D eigenvalue weighted by Gasteiger charge is -2.15. The van der Waals surface area contributed by atoms with Gasteiger partial charge in [-0.25, -0.2) is 0 Å². The van der Waals surface area contributed by atoms with Crippen LogP contribution in [0.4, 0.5) is 0 Å². The lowest BCUT2D eigenvalue weighted by atomic mass is 9.96. The summed E-state index contributed by atoms with van der Waals surface area (Å²) in [4.78, 5) is 10.8. The molecule has 1 aromatic rings. The minimum absolute atomic E-state index is 0.0526. The van der Waals surface area contributed by atoms with Gasteiger partial charge in [0.1, 0.15) is 0 Å². The van der Waals surface area contributed by atoms with Crippen LogP contribution >= 0.6 is 0 Å². The van der Waals surface area contributed by atoms with E-state index >= 15 is 0 Å². The number of aryl methyl sites for hydroxylation is 1. The predicted molar refractivity (Wildman–Crippen MR) is 64.1 cm³/mol. The van der Waals surface area contributed by atoms with Crippen LogP contribution in [0.25, 0.3) is 0 Å². The van der Waals surface area contributed by atoms with Crippen molar-refractivity contribution >= 4 is 5.91 Å². The van der Waals surface area contributed by atoms with E-state index < -0.39 is 0 Å². The average Bonchev–Trinajstić information content (AvgIpc) is 2.26. The third-order valence-electron chi connectivity index (χ3n) is 2.67. The van der Waals surface area contributed by atoms with Crippen LogP contribution in [-0.2, 0) is 11.2 Å². The maximum Gasteiger partial charge on any atom is 0.216 e. The summed E-state index contributed by atoms with van der Waals surface area (Å²) >= 11 is 0. The Bertz CT molecular complexity index is 350. The molecule has 0 aliphatic carbocycles. The zero-order chi connectivity index (χ0) is 12.0. The number of aliphatic hydroxyl groups excluding tert-OH is 1. The third-order valence-corrected chi connectivity index (χ3v) is 2.67. The first-order valence-electron chi connectivity index (χ1n) is 5.53. The Morgan fingerprint density at radius 1 is 1.44 bits per heavy atom. The van der Waals surface area contributed by atoms with Gasteiger partial charge in [-0.3, -0.25) is 4.79 Å². The van der Waals surface area contributed by atoms with E-state index in [0.717, 1.165) is 6.42 Å². The van der Waals surface area contributed by atoms with Crippen LogP contribution in [0.2, 0.25) is 0 Å². The van der Waals surface area contributed by atoms with Gasteiger partial charge in [-0.2, -0.15) is 0 Å². The second-order valence-electron chi connectivity index (χ2n) is 4.12. The molecule has 1 unspecified atom stereocenters. The number of nitrogens with one attached hydrogen (secondary N) is 1. The summed E-state index contributed by atoms with van der Waals surface area (Å²) in [6.45, 7) is 4.17. The quantitative estimate of drug-likeness (QED) is 0.787. The first-order chi connectivity index (χ1) is 7.63. The van der Waals surface area contributed by atoms with Crippen molar-refractivity contribution in [3.63, 3.8) is 0 Å². The van der Waals surface area contributed by atoms with E-state index in [2.05, 4.69) is 24.4 Å². The summed E-state index contributed by atoms with van der Waals surface area (Å²) in [6.07, 6.45) is 0.795. The molecule has 0 aliphatic heterocycles. The van der Waals surface area contributed by atoms with E-state index in [0.29, 0.717) is 6.54 Å². The second kappa shape index (κ2) is 6.28. The van der Waals surface area contributed by atoms with Gasteiger partial charge in [0, 0.05) is 26.0 Å². The number of benzene rings is 1. The third kappa shape index (κ3) is 4.03. The Hall–Kier alpha value is -1.35. The summed E-state index contributed by atoms with van der Waals surface area (Å²) < 4.78 is 0. The molecular formula is C13H19NO2. The van der Waals surface area contributed by atoms with Crippen molar-refractivity contribution in [2.75, 3.05) is 13.2 Å². The maximum atomic E-state index is 10.8. The van der Waals surface area contributed by atoms with E-state index in [-0.39, 0.29) is 18.4 Å². The highest BCUT2D eigenvalue weighted by Gasteiger charge is 2.10. The highest BCUT2D eigenvalue weighted by atomic mass is 16.3. The molecule has 1 amide bonds. The van der Waals surface area contributed by atoms with Gasteiger partial charge >= 0.3 is 0 Å².